The van der Waals surface area contributed by atoms with Gasteiger partial charge in [-0.25, -0.2) is 9.98 Å². The Labute approximate surface area is 324 Å². The number of hydrogen-bond donors (Lipinski definition) is 0. The van der Waals surface area contributed by atoms with E-state index in [1.54, 1.807) is 24.6 Å². The number of aliphatic imine (C=N–C) groups is 4. The maximum atomic E-state index is 4.94. The SMILES string of the molecule is C=N/C(=C\C(C)=C/C)c1cc(-c2cc(-c3ccccn3)c(C3=C=CC=C=CC=N3)c(-c3ccccn3)c2)cc(CN=CCCCC)c1C1=C=CC=C=CC=N1. The third-order valence-electron chi connectivity index (χ3n) is 8.94. The second-order valence-electron chi connectivity index (χ2n) is 12.7. The Bertz CT molecular complexity index is 2440. The van der Waals surface area contributed by atoms with Gasteiger partial charge in [-0.2, -0.15) is 0 Å². The van der Waals surface area contributed by atoms with Crippen molar-refractivity contribution in [2.45, 2.75) is 46.6 Å². The fraction of sp³-hybridized carbons (Fsp3) is 0.143. The van der Waals surface area contributed by atoms with Crippen LogP contribution in [0, 0.1) is 0 Å². The van der Waals surface area contributed by atoms with Crippen molar-refractivity contribution in [1.82, 2.24) is 9.97 Å². The monoisotopic (exact) mass is 714 g/mol. The summed E-state index contributed by atoms with van der Waals surface area (Å²) in [5.41, 5.74) is 24.9. The summed E-state index contributed by atoms with van der Waals surface area (Å²) in [5, 5.41) is 0. The van der Waals surface area contributed by atoms with Gasteiger partial charge in [0.05, 0.1) is 23.6 Å². The van der Waals surface area contributed by atoms with Crippen LogP contribution in [0.1, 0.15) is 62.3 Å². The average molecular weight is 715 g/mol. The predicted octanol–water partition coefficient (Wildman–Crippen LogP) is 11.8. The molecule has 0 saturated heterocycles. The Hall–Kier alpha value is -7.02. The zero-order chi connectivity index (χ0) is 38.2. The van der Waals surface area contributed by atoms with Crippen molar-refractivity contribution in [1.29, 1.82) is 0 Å². The Balaban J connectivity index is 1.72. The fourth-order valence-corrected chi connectivity index (χ4v) is 6.15. The van der Waals surface area contributed by atoms with Crippen molar-refractivity contribution in [3.05, 3.63) is 172 Å². The molecule has 2 aromatic heterocycles. The molecule has 0 bridgehead atoms. The largest absolute Gasteiger partial charge is 0.293 e. The lowest BCUT2D eigenvalue weighted by Crippen LogP contribution is -2.02. The quantitative estimate of drug-likeness (QED) is 0.0598. The topological polar surface area (TPSA) is 75.2 Å². The number of nitrogens with zero attached hydrogens (tertiary/aromatic N) is 6. The molecule has 2 aromatic carbocycles. The molecule has 0 unspecified atom stereocenters. The van der Waals surface area contributed by atoms with Gasteiger partial charge in [-0.05, 0) is 147 Å². The van der Waals surface area contributed by atoms with Gasteiger partial charge in [0.2, 0.25) is 0 Å². The number of pyridine rings is 2. The van der Waals surface area contributed by atoms with E-state index in [2.05, 4.69) is 84.9 Å². The van der Waals surface area contributed by atoms with Gasteiger partial charge in [0.15, 0.2) is 0 Å². The van der Waals surface area contributed by atoms with Gasteiger partial charge < -0.3 is 0 Å². The van der Waals surface area contributed by atoms with E-state index in [1.165, 1.54) is 0 Å². The highest BCUT2D eigenvalue weighted by Gasteiger charge is 2.23. The molecule has 0 spiro atoms. The number of benzene rings is 2. The van der Waals surface area contributed by atoms with Crippen molar-refractivity contribution in [2.75, 3.05) is 0 Å². The molecule has 268 valence electrons. The highest BCUT2D eigenvalue weighted by Crippen LogP contribution is 2.42. The summed E-state index contributed by atoms with van der Waals surface area (Å²) in [6.45, 7) is 10.7. The van der Waals surface area contributed by atoms with Crippen molar-refractivity contribution in [3.8, 4) is 33.6 Å². The van der Waals surface area contributed by atoms with Crippen LogP contribution >= 0.6 is 0 Å². The van der Waals surface area contributed by atoms with E-state index in [0.717, 1.165) is 80.7 Å². The normalized spacial score (nSPS) is 13.8. The van der Waals surface area contributed by atoms with E-state index in [1.807, 2.05) is 86.2 Å². The van der Waals surface area contributed by atoms with Gasteiger partial charge in [-0.3, -0.25) is 20.0 Å². The molecule has 0 saturated carbocycles. The van der Waals surface area contributed by atoms with Crippen LogP contribution < -0.4 is 0 Å². The minimum atomic E-state index is 0.436. The van der Waals surface area contributed by atoms with Gasteiger partial charge in [0.1, 0.15) is 11.4 Å². The van der Waals surface area contributed by atoms with Crippen molar-refractivity contribution in [2.24, 2.45) is 20.0 Å². The van der Waals surface area contributed by atoms with E-state index in [-0.39, 0.29) is 0 Å². The van der Waals surface area contributed by atoms with Crippen LogP contribution in [0.15, 0.2) is 170 Å². The van der Waals surface area contributed by atoms with Crippen LogP contribution in [0.4, 0.5) is 0 Å². The van der Waals surface area contributed by atoms with Crippen LogP contribution in [-0.2, 0) is 6.54 Å². The second-order valence-corrected chi connectivity index (χ2v) is 12.7. The standard InChI is InChI=1S/C49H42N6/c1-5-7-16-25-51-35-39-31-37(32-42(47(50-4)30-36(3)6-2)48(39)45-23-12-8-10-17-26-54-45)38-33-40(43-21-14-19-28-52-43)49(46-24-13-9-11-18-27-55-46)41(34-38)44-22-15-20-29-53-44/h6,8-9,12-15,17-22,25-34H,4-5,7,16,35H2,1-3H3/b36-6-,47-30-,51-25?,54-26?,55-27?. The zero-order valence-corrected chi connectivity index (χ0v) is 31.5. The molecule has 0 radical (unpaired) electrons. The first-order chi connectivity index (χ1) is 27.1. The average Bonchev–Trinajstić information content (AvgIpc) is 3.20. The van der Waals surface area contributed by atoms with Crippen molar-refractivity contribution in [3.63, 3.8) is 0 Å². The summed E-state index contributed by atoms with van der Waals surface area (Å²) in [6.07, 6.45) is 27.2. The van der Waals surface area contributed by atoms with Gasteiger partial charge in [0.25, 0.3) is 0 Å². The third-order valence-corrected chi connectivity index (χ3v) is 8.94. The summed E-state index contributed by atoms with van der Waals surface area (Å²) in [6, 6.07) is 20.6. The Kier molecular flexibility index (Phi) is 13.2. The maximum Gasteiger partial charge on any atom is 0.114 e. The first-order valence-electron chi connectivity index (χ1n) is 18.4. The fourth-order valence-electron chi connectivity index (χ4n) is 6.15. The smallest absolute Gasteiger partial charge is 0.114 e. The Morgan fingerprint density at radius 2 is 1.38 bits per heavy atom. The number of hydrogen-bond acceptors (Lipinski definition) is 6. The summed E-state index contributed by atoms with van der Waals surface area (Å²) < 4.78 is 0. The summed E-state index contributed by atoms with van der Waals surface area (Å²) in [7, 11) is 0. The number of aromatic nitrogens is 2. The summed E-state index contributed by atoms with van der Waals surface area (Å²) in [4.78, 5) is 28.9. The van der Waals surface area contributed by atoms with Gasteiger partial charge >= 0.3 is 0 Å². The van der Waals surface area contributed by atoms with Crippen molar-refractivity contribution < 1.29 is 0 Å². The molecule has 2 aliphatic heterocycles. The van der Waals surface area contributed by atoms with E-state index < -0.39 is 0 Å². The highest BCUT2D eigenvalue weighted by atomic mass is 14.8. The van der Waals surface area contributed by atoms with Crippen LogP contribution in [-0.4, -0.2) is 35.3 Å². The minimum absolute atomic E-state index is 0.436. The molecule has 0 atom stereocenters. The van der Waals surface area contributed by atoms with Gasteiger partial charge in [-0.15, -0.1) is 11.5 Å². The number of rotatable bonds is 13. The highest BCUT2D eigenvalue weighted by molar-refractivity contribution is 5.96. The lowest BCUT2D eigenvalue weighted by atomic mass is 9.86. The molecule has 6 heteroatoms. The first-order valence-corrected chi connectivity index (χ1v) is 18.4. The molecule has 0 N–H and O–H groups in total. The van der Waals surface area contributed by atoms with Crippen LogP contribution in [0.2, 0.25) is 0 Å². The van der Waals surface area contributed by atoms with E-state index in [4.69, 9.17) is 24.9 Å². The molecular formula is C49H42N6. The minimum Gasteiger partial charge on any atom is -0.293 e. The molecule has 55 heavy (non-hydrogen) atoms. The number of unbranched alkanes of at least 4 members (excludes halogenated alkanes) is 2. The maximum absolute atomic E-state index is 4.94. The Morgan fingerprint density at radius 1 is 0.764 bits per heavy atom. The molecule has 0 amide bonds. The lowest BCUT2D eigenvalue weighted by Gasteiger charge is -2.20. The second kappa shape index (κ2) is 19.2. The molecular weight excluding hydrogens is 673 g/mol. The summed E-state index contributed by atoms with van der Waals surface area (Å²) in [5.74, 6) is 0. The lowest BCUT2D eigenvalue weighted by molar-refractivity contribution is 0.839. The molecule has 4 aromatic rings. The summed E-state index contributed by atoms with van der Waals surface area (Å²) >= 11 is 0. The van der Waals surface area contributed by atoms with Crippen LogP contribution in [0.5, 0.6) is 0 Å². The van der Waals surface area contributed by atoms with E-state index in [9.17, 15) is 0 Å². The van der Waals surface area contributed by atoms with Crippen LogP contribution in [0.3, 0.4) is 0 Å². The van der Waals surface area contributed by atoms with Crippen molar-refractivity contribution >= 4 is 42.5 Å². The molecule has 0 fully saturated rings. The molecule has 0 aliphatic carbocycles. The zero-order valence-electron chi connectivity index (χ0n) is 31.5. The molecule has 6 nitrogen and oxygen atoms in total. The molecule has 6 rings (SSSR count). The van der Waals surface area contributed by atoms with Gasteiger partial charge in [-0.1, -0.05) is 48.6 Å². The Morgan fingerprint density at radius 3 is 1.95 bits per heavy atom. The predicted molar refractivity (Wildman–Crippen MR) is 232 cm³/mol. The molecule has 4 heterocycles. The van der Waals surface area contributed by atoms with Crippen LogP contribution in [0.25, 0.3) is 50.7 Å². The molecule has 2 aliphatic rings. The van der Waals surface area contributed by atoms with Gasteiger partial charge in [0, 0.05) is 52.6 Å². The van der Waals surface area contributed by atoms with E-state index >= 15 is 0 Å². The van der Waals surface area contributed by atoms with E-state index in [0.29, 0.717) is 23.6 Å². The number of allylic oxidation sites excluding steroid dienone is 7. The third kappa shape index (κ3) is 9.51. The first kappa shape index (κ1) is 37.7.